The molecule has 2 aliphatic rings. The minimum absolute atomic E-state index is 0.785. The van der Waals surface area contributed by atoms with Gasteiger partial charge in [0.1, 0.15) is 6.26 Å². The highest BCUT2D eigenvalue weighted by atomic mass is 16.6. The van der Waals surface area contributed by atoms with Gasteiger partial charge in [-0.3, -0.25) is 0 Å². The summed E-state index contributed by atoms with van der Waals surface area (Å²) in [6.45, 7) is 1.86. The van der Waals surface area contributed by atoms with Crippen LogP contribution in [0.2, 0.25) is 0 Å². The van der Waals surface area contributed by atoms with Gasteiger partial charge in [-0.25, -0.2) is 0 Å². The quantitative estimate of drug-likeness (QED) is 0.612. The van der Waals surface area contributed by atoms with E-state index in [1.165, 1.54) is 0 Å². The third kappa shape index (κ3) is 6.08. The molecule has 2 rings (SSSR count). The van der Waals surface area contributed by atoms with Crippen molar-refractivity contribution in [2.24, 2.45) is 0 Å². The van der Waals surface area contributed by atoms with Gasteiger partial charge >= 0.3 is 0 Å². The van der Waals surface area contributed by atoms with Gasteiger partial charge in [0.05, 0.1) is 6.54 Å². The first-order valence-corrected chi connectivity index (χ1v) is 4.75. The van der Waals surface area contributed by atoms with E-state index in [4.69, 9.17) is 4.84 Å². The molecule has 0 aromatic carbocycles. The molecule has 0 amide bonds. The number of hydroxylamine groups is 1. The molecular weight excluding hydrogens is 176 g/mol. The molecule has 0 radical (unpaired) electrons. The molecule has 3 nitrogen and oxygen atoms in total. The van der Waals surface area contributed by atoms with Crippen LogP contribution in [0.5, 0.6) is 0 Å². The van der Waals surface area contributed by atoms with Crippen molar-refractivity contribution in [3.05, 3.63) is 48.9 Å². The van der Waals surface area contributed by atoms with Crippen molar-refractivity contribution < 1.29 is 4.84 Å². The zero-order valence-electron chi connectivity index (χ0n) is 8.15. The van der Waals surface area contributed by atoms with E-state index in [9.17, 15) is 0 Å². The Morgan fingerprint density at radius 2 is 1.93 bits per heavy atom. The van der Waals surface area contributed by atoms with Gasteiger partial charge < -0.3 is 10.2 Å². The molecule has 76 valence electrons. The van der Waals surface area contributed by atoms with Gasteiger partial charge in [0.25, 0.3) is 0 Å². The Morgan fingerprint density at radius 1 is 1.00 bits per heavy atom. The van der Waals surface area contributed by atoms with Crippen molar-refractivity contribution in [2.45, 2.75) is 6.42 Å². The van der Waals surface area contributed by atoms with E-state index in [0.29, 0.717) is 0 Å². The molecule has 0 aromatic heterocycles. The Morgan fingerprint density at radius 3 is 2.93 bits per heavy atom. The van der Waals surface area contributed by atoms with Crippen LogP contribution in [0.25, 0.3) is 0 Å². The highest BCUT2D eigenvalue weighted by molar-refractivity contribution is 5.04. The largest absolute Gasteiger partial charge is 0.416 e. The second kappa shape index (κ2) is 8.13. The topological polar surface area (TPSA) is 33.3 Å². The van der Waals surface area contributed by atoms with E-state index in [1.807, 2.05) is 30.5 Å². The van der Waals surface area contributed by atoms with Gasteiger partial charge in [-0.1, -0.05) is 24.3 Å². The summed E-state index contributed by atoms with van der Waals surface area (Å²) in [5.41, 5.74) is 2.67. The van der Waals surface area contributed by atoms with Gasteiger partial charge in [-0.2, -0.15) is 5.48 Å². The molecule has 0 spiro atoms. The van der Waals surface area contributed by atoms with E-state index in [2.05, 4.69) is 22.9 Å². The first kappa shape index (κ1) is 10.6. The molecule has 0 aromatic rings. The smallest absolute Gasteiger partial charge is 0.111 e. The molecule has 0 aliphatic carbocycles. The summed E-state index contributed by atoms with van der Waals surface area (Å²) in [5, 5.41) is 3.10. The van der Waals surface area contributed by atoms with Crippen LogP contribution in [0.3, 0.4) is 0 Å². The molecule has 0 unspecified atom stereocenters. The first-order valence-electron chi connectivity index (χ1n) is 4.75. The average molecular weight is 192 g/mol. The predicted molar refractivity (Wildman–Crippen MR) is 58.3 cm³/mol. The standard InChI is InChI=1S/C6H9N.C5H7NO/c2*1-2-4-6-7-5-3-1/h1-3,5,7H,4,6H2;1-3,5-6H,4H2. The SMILES string of the molecule is C1=CCCNC=C1.C1=CCNOC=C1. The van der Waals surface area contributed by atoms with Crippen molar-refractivity contribution in [2.75, 3.05) is 13.1 Å². The summed E-state index contributed by atoms with van der Waals surface area (Å²) in [4.78, 5) is 4.70. The fourth-order valence-electron chi connectivity index (χ4n) is 0.924. The minimum atomic E-state index is 0.785. The van der Waals surface area contributed by atoms with E-state index in [0.717, 1.165) is 19.5 Å². The number of rotatable bonds is 0. The maximum Gasteiger partial charge on any atom is 0.111 e. The van der Waals surface area contributed by atoms with Crippen LogP contribution >= 0.6 is 0 Å². The van der Waals surface area contributed by atoms with Crippen LogP contribution in [0, 0.1) is 0 Å². The Hall–Kier alpha value is -1.48. The normalized spacial score (nSPS) is 18.3. The zero-order valence-corrected chi connectivity index (χ0v) is 8.15. The Balaban J connectivity index is 0.000000140. The molecular formula is C11H16N2O. The number of hydrogen-bond donors (Lipinski definition) is 2. The second-order valence-corrected chi connectivity index (χ2v) is 2.75. The molecule has 0 saturated carbocycles. The van der Waals surface area contributed by atoms with Crippen LogP contribution < -0.4 is 10.8 Å². The fraction of sp³-hybridized carbons (Fsp3) is 0.273. The van der Waals surface area contributed by atoms with Crippen LogP contribution in [0.4, 0.5) is 0 Å². The summed E-state index contributed by atoms with van der Waals surface area (Å²) in [6, 6.07) is 0. The van der Waals surface area contributed by atoms with E-state index < -0.39 is 0 Å². The maximum absolute atomic E-state index is 4.70. The molecule has 2 aliphatic heterocycles. The van der Waals surface area contributed by atoms with Crippen LogP contribution in [0.15, 0.2) is 48.9 Å². The summed E-state index contributed by atoms with van der Waals surface area (Å²) in [6.07, 6.45) is 16.7. The minimum Gasteiger partial charge on any atom is -0.416 e. The molecule has 3 heteroatoms. The molecule has 14 heavy (non-hydrogen) atoms. The summed E-state index contributed by atoms with van der Waals surface area (Å²) >= 11 is 0. The highest BCUT2D eigenvalue weighted by Crippen LogP contribution is 1.85. The molecule has 2 N–H and O–H groups in total. The summed E-state index contributed by atoms with van der Waals surface area (Å²) in [5.74, 6) is 0. The van der Waals surface area contributed by atoms with Gasteiger partial charge in [-0.15, -0.1) is 0 Å². The van der Waals surface area contributed by atoms with Gasteiger partial charge in [0.15, 0.2) is 0 Å². The van der Waals surface area contributed by atoms with Crippen LogP contribution in [-0.4, -0.2) is 13.1 Å². The molecule has 0 fully saturated rings. The van der Waals surface area contributed by atoms with E-state index in [-0.39, 0.29) is 0 Å². The van der Waals surface area contributed by atoms with Crippen molar-refractivity contribution in [1.29, 1.82) is 0 Å². The number of hydrogen-bond acceptors (Lipinski definition) is 3. The van der Waals surface area contributed by atoms with Crippen molar-refractivity contribution in [1.82, 2.24) is 10.8 Å². The molecule has 0 atom stereocenters. The van der Waals surface area contributed by atoms with Crippen LogP contribution in [-0.2, 0) is 4.84 Å². The Bertz CT molecular complexity index is 192. The van der Waals surface area contributed by atoms with Gasteiger partial charge in [0.2, 0.25) is 0 Å². The first-order chi connectivity index (χ1) is 7.00. The zero-order chi connectivity index (χ0) is 9.90. The highest BCUT2D eigenvalue weighted by Gasteiger charge is 1.78. The van der Waals surface area contributed by atoms with Crippen molar-refractivity contribution >= 4 is 0 Å². The number of nitrogens with one attached hydrogen (secondary N) is 2. The molecule has 0 saturated heterocycles. The Kier molecular flexibility index (Phi) is 6.16. The lowest BCUT2D eigenvalue weighted by molar-refractivity contribution is 0.147. The fourth-order valence-corrected chi connectivity index (χ4v) is 0.924. The van der Waals surface area contributed by atoms with E-state index >= 15 is 0 Å². The predicted octanol–water partition coefficient (Wildman–Crippen LogP) is 1.64. The number of allylic oxidation sites excluding steroid dienone is 4. The van der Waals surface area contributed by atoms with Crippen molar-refractivity contribution in [3.8, 4) is 0 Å². The third-order valence-corrected chi connectivity index (χ3v) is 1.59. The van der Waals surface area contributed by atoms with Gasteiger partial charge in [-0.05, 0) is 24.8 Å². The lowest BCUT2D eigenvalue weighted by Crippen LogP contribution is -2.08. The Labute approximate surface area is 84.8 Å². The second-order valence-electron chi connectivity index (χ2n) is 2.75. The average Bonchev–Trinajstić information content (AvgIpc) is 2.68. The van der Waals surface area contributed by atoms with Gasteiger partial charge in [0, 0.05) is 6.54 Å². The lowest BCUT2D eigenvalue weighted by atomic mass is 10.4. The third-order valence-electron chi connectivity index (χ3n) is 1.59. The monoisotopic (exact) mass is 192 g/mol. The van der Waals surface area contributed by atoms with Crippen LogP contribution in [0.1, 0.15) is 6.42 Å². The molecule has 0 bridgehead atoms. The van der Waals surface area contributed by atoms with Crippen molar-refractivity contribution in [3.63, 3.8) is 0 Å². The summed E-state index contributed by atoms with van der Waals surface area (Å²) in [7, 11) is 0. The maximum atomic E-state index is 4.70. The summed E-state index contributed by atoms with van der Waals surface area (Å²) < 4.78 is 0. The molecule has 2 heterocycles. The van der Waals surface area contributed by atoms with E-state index in [1.54, 1.807) is 6.26 Å². The lowest BCUT2D eigenvalue weighted by Gasteiger charge is -1.92.